The minimum atomic E-state index is -4.63. The normalized spacial score (nSPS) is 11.2. The molecule has 11 heteroatoms. The maximum Gasteiger partial charge on any atom is 0.421 e. The third-order valence-electron chi connectivity index (χ3n) is 5.43. The van der Waals surface area contributed by atoms with Gasteiger partial charge in [-0.2, -0.15) is 18.2 Å². The monoisotopic (exact) mass is 515 g/mol. The van der Waals surface area contributed by atoms with Gasteiger partial charge < -0.3 is 30.5 Å². The number of ether oxygens (including phenoxy) is 1. The first-order valence-corrected chi connectivity index (χ1v) is 11.6. The van der Waals surface area contributed by atoms with E-state index in [4.69, 9.17) is 4.74 Å². The predicted molar refractivity (Wildman–Crippen MR) is 144 cm³/mol. The van der Waals surface area contributed by atoms with Crippen LogP contribution in [0, 0.1) is 0 Å². The number of halogens is 3. The van der Waals surface area contributed by atoms with Crippen molar-refractivity contribution in [1.29, 1.82) is 0 Å². The molecule has 0 atom stereocenters. The van der Waals surface area contributed by atoms with Crippen LogP contribution < -0.4 is 25.6 Å². The van der Waals surface area contributed by atoms with Gasteiger partial charge in [-0.15, -0.1) is 6.58 Å². The molecule has 3 rings (SSSR count). The van der Waals surface area contributed by atoms with Crippen LogP contribution in [0.5, 0.6) is 5.75 Å². The minimum Gasteiger partial charge on any atom is -0.494 e. The summed E-state index contributed by atoms with van der Waals surface area (Å²) in [5.74, 6) is 0.102. The maximum atomic E-state index is 13.6. The standard InChI is InChI=1S/C26H32F3N7O/c1-6-12-30-20-15-21(23(37-5)16-22(20)36(4)14-13-35(2)3)33-25-31-17-19(26(27,28)29)24(34-25)32-18-10-8-7-9-11-18/h6-11,15-17,30H,1,12-14H2,2-5H3,(H2,31,32,33,34). The van der Waals surface area contributed by atoms with Crippen molar-refractivity contribution >= 4 is 34.5 Å². The van der Waals surface area contributed by atoms with Crippen molar-refractivity contribution in [2.24, 2.45) is 0 Å². The molecule has 1 heterocycles. The lowest BCUT2D eigenvalue weighted by Crippen LogP contribution is -2.29. The van der Waals surface area contributed by atoms with Crippen LogP contribution in [0.2, 0.25) is 0 Å². The number of hydrogen-bond donors (Lipinski definition) is 3. The van der Waals surface area contributed by atoms with Gasteiger partial charge in [-0.05, 0) is 32.3 Å². The van der Waals surface area contributed by atoms with E-state index in [1.165, 1.54) is 7.11 Å². The summed E-state index contributed by atoms with van der Waals surface area (Å²) in [7, 11) is 7.51. The number of likely N-dealkylation sites (N-methyl/N-ethyl adjacent to an activating group) is 2. The van der Waals surface area contributed by atoms with Crippen LogP contribution in [-0.2, 0) is 6.18 Å². The van der Waals surface area contributed by atoms with E-state index in [-0.39, 0.29) is 11.8 Å². The largest absolute Gasteiger partial charge is 0.494 e. The lowest BCUT2D eigenvalue weighted by atomic mass is 10.2. The average Bonchev–Trinajstić information content (AvgIpc) is 2.86. The third kappa shape index (κ3) is 7.50. The van der Waals surface area contributed by atoms with Gasteiger partial charge in [-0.3, -0.25) is 0 Å². The van der Waals surface area contributed by atoms with Crippen LogP contribution in [0.4, 0.5) is 47.7 Å². The number of rotatable bonds is 12. The Balaban J connectivity index is 1.99. The lowest BCUT2D eigenvalue weighted by molar-refractivity contribution is -0.137. The van der Waals surface area contributed by atoms with Crippen LogP contribution >= 0.6 is 0 Å². The molecule has 3 N–H and O–H groups in total. The van der Waals surface area contributed by atoms with Gasteiger partial charge in [0.2, 0.25) is 5.95 Å². The fraction of sp³-hybridized carbons (Fsp3) is 0.308. The van der Waals surface area contributed by atoms with Gasteiger partial charge in [-0.1, -0.05) is 24.3 Å². The van der Waals surface area contributed by atoms with Crippen LogP contribution in [0.15, 0.2) is 61.3 Å². The molecule has 3 aromatic rings. The summed E-state index contributed by atoms with van der Waals surface area (Å²) in [6, 6.07) is 12.2. The maximum absolute atomic E-state index is 13.6. The zero-order chi connectivity index (χ0) is 27.0. The van der Waals surface area contributed by atoms with Gasteiger partial charge in [0, 0.05) is 44.6 Å². The van der Waals surface area contributed by atoms with Crippen molar-refractivity contribution in [3.05, 3.63) is 66.9 Å². The van der Waals surface area contributed by atoms with Crippen molar-refractivity contribution in [2.75, 3.05) is 68.7 Å². The van der Waals surface area contributed by atoms with E-state index in [0.717, 1.165) is 30.7 Å². The molecule has 0 aliphatic rings. The first-order valence-electron chi connectivity index (χ1n) is 11.6. The van der Waals surface area contributed by atoms with Crippen molar-refractivity contribution < 1.29 is 17.9 Å². The summed E-state index contributed by atoms with van der Waals surface area (Å²) in [6.07, 6.45) is -2.14. The Bertz CT molecular complexity index is 1190. The summed E-state index contributed by atoms with van der Waals surface area (Å²) < 4.78 is 46.5. The second-order valence-electron chi connectivity index (χ2n) is 8.53. The topological polar surface area (TPSA) is 77.6 Å². The average molecular weight is 516 g/mol. The quantitative estimate of drug-likeness (QED) is 0.270. The van der Waals surface area contributed by atoms with Crippen LogP contribution in [-0.4, -0.2) is 62.8 Å². The number of alkyl halides is 3. The zero-order valence-corrected chi connectivity index (χ0v) is 21.4. The minimum absolute atomic E-state index is 0.0203. The van der Waals surface area contributed by atoms with Gasteiger partial charge in [0.25, 0.3) is 0 Å². The molecule has 0 unspecified atom stereocenters. The second-order valence-corrected chi connectivity index (χ2v) is 8.53. The molecule has 0 fully saturated rings. The molecule has 1 aromatic heterocycles. The Hall–Kier alpha value is -3.99. The number of nitrogens with one attached hydrogen (secondary N) is 3. The molecule has 0 amide bonds. The number of nitrogens with zero attached hydrogens (tertiary/aromatic N) is 4. The number of anilines is 6. The summed E-state index contributed by atoms with van der Waals surface area (Å²) >= 11 is 0. The second kappa shape index (κ2) is 12.3. The van der Waals surface area contributed by atoms with E-state index >= 15 is 0 Å². The molecule has 0 saturated heterocycles. The van der Waals surface area contributed by atoms with E-state index < -0.39 is 11.7 Å². The number of hydrogen-bond acceptors (Lipinski definition) is 8. The van der Waals surface area contributed by atoms with E-state index in [1.54, 1.807) is 36.4 Å². The molecule has 2 aromatic carbocycles. The van der Waals surface area contributed by atoms with Gasteiger partial charge >= 0.3 is 6.18 Å². The summed E-state index contributed by atoms with van der Waals surface area (Å²) in [5.41, 5.74) is 1.67. The van der Waals surface area contributed by atoms with E-state index in [9.17, 15) is 13.2 Å². The van der Waals surface area contributed by atoms with E-state index in [2.05, 4.69) is 42.3 Å². The molecule has 0 aliphatic heterocycles. The lowest BCUT2D eigenvalue weighted by Gasteiger charge is -2.26. The van der Waals surface area contributed by atoms with Gasteiger partial charge in [0.1, 0.15) is 17.1 Å². The predicted octanol–water partition coefficient (Wildman–Crippen LogP) is 5.59. The molecule has 198 valence electrons. The number of para-hydroxylation sites is 1. The van der Waals surface area contributed by atoms with Crippen LogP contribution in [0.3, 0.4) is 0 Å². The van der Waals surface area contributed by atoms with Crippen molar-refractivity contribution in [2.45, 2.75) is 6.18 Å². The molecule has 0 aliphatic carbocycles. The van der Waals surface area contributed by atoms with Gasteiger partial charge in [-0.25, -0.2) is 4.98 Å². The Morgan fingerprint density at radius 2 is 1.76 bits per heavy atom. The third-order valence-corrected chi connectivity index (χ3v) is 5.43. The Kier molecular flexibility index (Phi) is 9.18. The Labute approximate surface area is 215 Å². The molecular formula is C26H32F3N7O. The first-order chi connectivity index (χ1) is 17.6. The fourth-order valence-corrected chi connectivity index (χ4v) is 3.47. The fourth-order valence-electron chi connectivity index (χ4n) is 3.47. The van der Waals surface area contributed by atoms with Gasteiger partial charge in [0.15, 0.2) is 0 Å². The summed E-state index contributed by atoms with van der Waals surface area (Å²) in [6.45, 7) is 5.89. The molecule has 0 radical (unpaired) electrons. The molecule has 8 nitrogen and oxygen atoms in total. The zero-order valence-electron chi connectivity index (χ0n) is 21.4. The highest BCUT2D eigenvalue weighted by Gasteiger charge is 2.35. The Morgan fingerprint density at radius 1 is 1.03 bits per heavy atom. The number of aromatic nitrogens is 2. The summed E-state index contributed by atoms with van der Waals surface area (Å²) in [4.78, 5) is 12.2. The smallest absolute Gasteiger partial charge is 0.421 e. The van der Waals surface area contributed by atoms with E-state index in [0.29, 0.717) is 23.7 Å². The molecular weight excluding hydrogens is 483 g/mol. The van der Waals surface area contributed by atoms with Crippen molar-refractivity contribution in [1.82, 2.24) is 14.9 Å². The molecule has 0 bridgehead atoms. The highest BCUT2D eigenvalue weighted by atomic mass is 19.4. The van der Waals surface area contributed by atoms with Crippen LogP contribution in [0.1, 0.15) is 5.56 Å². The van der Waals surface area contributed by atoms with E-state index in [1.807, 2.05) is 33.3 Å². The van der Waals surface area contributed by atoms with Crippen molar-refractivity contribution in [3.63, 3.8) is 0 Å². The molecule has 0 spiro atoms. The number of benzene rings is 2. The molecule has 37 heavy (non-hydrogen) atoms. The Morgan fingerprint density at radius 3 is 2.38 bits per heavy atom. The first kappa shape index (κ1) is 27.6. The summed E-state index contributed by atoms with van der Waals surface area (Å²) in [5, 5.41) is 9.07. The van der Waals surface area contributed by atoms with Crippen LogP contribution in [0.25, 0.3) is 0 Å². The molecule has 0 saturated carbocycles. The highest BCUT2D eigenvalue weighted by molar-refractivity contribution is 5.81. The van der Waals surface area contributed by atoms with Gasteiger partial charge in [0.05, 0.1) is 24.2 Å². The number of methoxy groups -OCH3 is 1. The highest BCUT2D eigenvalue weighted by Crippen LogP contribution is 2.39. The van der Waals surface area contributed by atoms with Crippen molar-refractivity contribution in [3.8, 4) is 5.75 Å². The SMILES string of the molecule is C=CCNc1cc(Nc2ncc(C(F)(F)F)c(Nc3ccccc3)n2)c(OC)cc1N(C)CCN(C)C.